The Bertz CT molecular complexity index is 1250. The van der Waals surface area contributed by atoms with Crippen LogP contribution in [0.15, 0.2) is 42.5 Å². The average Bonchev–Trinajstić information content (AvgIpc) is 3.21. The van der Waals surface area contributed by atoms with Crippen LogP contribution in [0.1, 0.15) is 68.2 Å². The predicted molar refractivity (Wildman–Crippen MR) is 161 cm³/mol. The Kier molecular flexibility index (Phi) is 10.2. The maximum atomic E-state index is 13.3. The van der Waals surface area contributed by atoms with Gasteiger partial charge in [0.1, 0.15) is 5.82 Å². The third-order valence-electron chi connectivity index (χ3n) is 7.15. The monoisotopic (exact) mass is 547 g/mol. The summed E-state index contributed by atoms with van der Waals surface area (Å²) in [7, 11) is 1.80. The summed E-state index contributed by atoms with van der Waals surface area (Å²) in [5.41, 5.74) is 4.82. The molecule has 0 radical (unpaired) electrons. The lowest BCUT2D eigenvalue weighted by molar-refractivity contribution is -0.121. The molecule has 2 aromatic carbocycles. The number of anilines is 1. The van der Waals surface area contributed by atoms with Crippen LogP contribution in [0.4, 0.5) is 5.69 Å². The molecule has 2 amide bonds. The van der Waals surface area contributed by atoms with E-state index in [-0.39, 0.29) is 17.4 Å². The van der Waals surface area contributed by atoms with Crippen LogP contribution < -0.4 is 16.0 Å². The van der Waals surface area contributed by atoms with Gasteiger partial charge in [0, 0.05) is 63.0 Å². The van der Waals surface area contributed by atoms with Crippen LogP contribution in [0.2, 0.25) is 0 Å². The van der Waals surface area contributed by atoms with Gasteiger partial charge in [0.25, 0.3) is 5.91 Å². The summed E-state index contributed by atoms with van der Waals surface area (Å²) in [6, 6.07) is 13.7. The van der Waals surface area contributed by atoms with Gasteiger partial charge in [-0.05, 0) is 76.1 Å². The second-order valence-electron chi connectivity index (χ2n) is 11.8. The molecule has 0 aliphatic carbocycles. The van der Waals surface area contributed by atoms with Crippen molar-refractivity contribution >= 4 is 28.5 Å². The smallest absolute Gasteiger partial charge is 0.254 e. The van der Waals surface area contributed by atoms with E-state index >= 15 is 0 Å². The standard InChI is InChI=1S/C31H45N7O2/c1-31(2,3)34-15-9-5-6-12-29(39)33-17-19-38-18-16-32-25-14-13-23(20-24(25)21-38)30(40)37(4)22-28-35-26-10-7-8-11-27(26)36-28/h7-8,10-11,13-14,20,32,34H,5-6,9,12,15-19,21-22H2,1-4H3,(H,33,39)(H,35,36). The number of fused-ring (bicyclic) bond motifs is 2. The second kappa shape index (κ2) is 13.8. The molecule has 2 heterocycles. The summed E-state index contributed by atoms with van der Waals surface area (Å²) >= 11 is 0. The van der Waals surface area contributed by atoms with Gasteiger partial charge in [-0.1, -0.05) is 18.6 Å². The number of nitrogens with zero attached hydrogens (tertiary/aromatic N) is 3. The minimum absolute atomic E-state index is 0.0412. The molecule has 1 aliphatic heterocycles. The highest BCUT2D eigenvalue weighted by molar-refractivity contribution is 5.94. The van der Waals surface area contributed by atoms with Crippen molar-refractivity contribution in [2.24, 2.45) is 0 Å². The van der Waals surface area contributed by atoms with Gasteiger partial charge < -0.3 is 25.8 Å². The maximum Gasteiger partial charge on any atom is 0.254 e. The normalized spacial score (nSPS) is 13.9. The Morgan fingerprint density at radius 2 is 1.90 bits per heavy atom. The Labute approximate surface area is 238 Å². The SMILES string of the molecule is CN(Cc1nc2ccccc2[nH]1)C(=O)c1ccc2c(c1)CN(CCNC(=O)CCCCCNC(C)(C)C)CCN2. The van der Waals surface area contributed by atoms with Gasteiger partial charge in [-0.25, -0.2) is 4.98 Å². The first kappa shape index (κ1) is 29.6. The van der Waals surface area contributed by atoms with Crippen LogP contribution in [-0.2, 0) is 17.9 Å². The molecule has 0 spiro atoms. The summed E-state index contributed by atoms with van der Waals surface area (Å²) in [4.78, 5) is 37.5. The van der Waals surface area contributed by atoms with E-state index in [2.05, 4.69) is 51.6 Å². The number of para-hydroxylation sites is 2. The first-order chi connectivity index (χ1) is 19.2. The zero-order chi connectivity index (χ0) is 28.5. The third kappa shape index (κ3) is 8.79. The van der Waals surface area contributed by atoms with Crippen molar-refractivity contribution in [3.63, 3.8) is 0 Å². The van der Waals surface area contributed by atoms with Crippen molar-refractivity contribution in [1.82, 2.24) is 30.4 Å². The minimum atomic E-state index is -0.0412. The number of nitrogens with one attached hydrogen (secondary N) is 4. The topological polar surface area (TPSA) is 105 Å². The lowest BCUT2D eigenvalue weighted by Gasteiger charge is -2.21. The highest BCUT2D eigenvalue weighted by atomic mass is 16.2. The Balaban J connectivity index is 1.23. The van der Waals surface area contributed by atoms with Crippen LogP contribution in [0.3, 0.4) is 0 Å². The van der Waals surface area contributed by atoms with Gasteiger partial charge in [0.2, 0.25) is 5.91 Å². The van der Waals surface area contributed by atoms with Gasteiger partial charge in [-0.3, -0.25) is 14.5 Å². The predicted octanol–water partition coefficient (Wildman–Crippen LogP) is 4.13. The molecule has 3 aromatic rings. The number of carbonyl (C=O) groups is 2. The van der Waals surface area contributed by atoms with E-state index in [1.54, 1.807) is 11.9 Å². The molecule has 40 heavy (non-hydrogen) atoms. The molecule has 0 saturated heterocycles. The van der Waals surface area contributed by atoms with Crippen molar-refractivity contribution in [2.45, 2.75) is 65.1 Å². The van der Waals surface area contributed by atoms with Crippen LogP contribution in [0, 0.1) is 0 Å². The minimum Gasteiger partial charge on any atom is -0.383 e. The Morgan fingerprint density at radius 1 is 1.07 bits per heavy atom. The van der Waals surface area contributed by atoms with Gasteiger partial charge in [0.15, 0.2) is 0 Å². The van der Waals surface area contributed by atoms with Crippen molar-refractivity contribution in [3.05, 3.63) is 59.4 Å². The Hall–Kier alpha value is -3.43. The molecule has 9 heteroatoms. The number of aromatic nitrogens is 2. The zero-order valence-corrected chi connectivity index (χ0v) is 24.5. The maximum absolute atomic E-state index is 13.3. The van der Waals surface area contributed by atoms with E-state index in [9.17, 15) is 9.59 Å². The number of unbranched alkanes of at least 4 members (excludes halogenated alkanes) is 2. The molecule has 9 nitrogen and oxygen atoms in total. The molecular formula is C31H45N7O2. The second-order valence-corrected chi connectivity index (χ2v) is 11.8. The van der Waals surface area contributed by atoms with Gasteiger partial charge in [-0.2, -0.15) is 0 Å². The van der Waals surface area contributed by atoms with Crippen LogP contribution in [-0.4, -0.2) is 76.9 Å². The van der Waals surface area contributed by atoms with E-state index in [0.717, 1.165) is 80.1 Å². The van der Waals surface area contributed by atoms with Crippen LogP contribution >= 0.6 is 0 Å². The van der Waals surface area contributed by atoms with E-state index < -0.39 is 0 Å². The Morgan fingerprint density at radius 3 is 2.70 bits per heavy atom. The van der Waals surface area contributed by atoms with Crippen molar-refractivity contribution in [1.29, 1.82) is 0 Å². The third-order valence-corrected chi connectivity index (χ3v) is 7.15. The number of carbonyl (C=O) groups excluding carboxylic acids is 2. The van der Waals surface area contributed by atoms with Crippen molar-refractivity contribution < 1.29 is 9.59 Å². The van der Waals surface area contributed by atoms with E-state index in [1.807, 2.05) is 42.5 Å². The molecule has 0 unspecified atom stereocenters. The molecule has 216 valence electrons. The van der Waals surface area contributed by atoms with Gasteiger partial charge >= 0.3 is 0 Å². The first-order valence-corrected chi connectivity index (χ1v) is 14.5. The number of imidazole rings is 1. The summed E-state index contributed by atoms with van der Waals surface area (Å²) < 4.78 is 0. The number of H-pyrrole nitrogens is 1. The van der Waals surface area contributed by atoms with E-state index in [0.29, 0.717) is 25.1 Å². The van der Waals surface area contributed by atoms with E-state index in [1.165, 1.54) is 0 Å². The number of aromatic amines is 1. The fourth-order valence-corrected chi connectivity index (χ4v) is 4.98. The molecule has 1 aromatic heterocycles. The van der Waals surface area contributed by atoms with Crippen LogP contribution in [0.25, 0.3) is 11.0 Å². The molecule has 0 bridgehead atoms. The van der Waals surface area contributed by atoms with Gasteiger partial charge in [-0.15, -0.1) is 0 Å². The molecule has 0 atom stereocenters. The number of hydrogen-bond acceptors (Lipinski definition) is 6. The summed E-state index contributed by atoms with van der Waals surface area (Å²) in [5.74, 6) is 0.845. The largest absolute Gasteiger partial charge is 0.383 e. The number of hydrogen-bond donors (Lipinski definition) is 4. The molecule has 4 N–H and O–H groups in total. The molecule has 0 fully saturated rings. The summed E-state index contributed by atoms with van der Waals surface area (Å²) in [5, 5.41) is 10.1. The number of benzene rings is 2. The summed E-state index contributed by atoms with van der Waals surface area (Å²) in [6.45, 7) is 11.7. The number of rotatable bonds is 12. The lowest BCUT2D eigenvalue weighted by atomic mass is 10.1. The van der Waals surface area contributed by atoms with E-state index in [4.69, 9.17) is 0 Å². The van der Waals surface area contributed by atoms with Crippen molar-refractivity contribution in [2.75, 3.05) is 45.1 Å². The molecule has 4 rings (SSSR count). The lowest BCUT2D eigenvalue weighted by Crippen LogP contribution is -2.36. The van der Waals surface area contributed by atoms with Crippen LogP contribution in [0.5, 0.6) is 0 Å². The number of amides is 2. The zero-order valence-electron chi connectivity index (χ0n) is 24.5. The highest BCUT2D eigenvalue weighted by Gasteiger charge is 2.19. The first-order valence-electron chi connectivity index (χ1n) is 14.5. The highest BCUT2D eigenvalue weighted by Crippen LogP contribution is 2.23. The van der Waals surface area contributed by atoms with Gasteiger partial charge in [0.05, 0.1) is 17.6 Å². The summed E-state index contributed by atoms with van der Waals surface area (Å²) in [6.07, 6.45) is 3.64. The fraction of sp³-hybridized carbons (Fsp3) is 0.516. The quantitative estimate of drug-likeness (QED) is 0.254. The molecule has 1 aliphatic rings. The molecule has 0 saturated carbocycles. The average molecular weight is 548 g/mol. The van der Waals surface area contributed by atoms with Crippen molar-refractivity contribution in [3.8, 4) is 0 Å². The fourth-order valence-electron chi connectivity index (χ4n) is 4.98. The molecular weight excluding hydrogens is 502 g/mol.